The highest BCUT2D eigenvalue weighted by molar-refractivity contribution is 7.99. The molecule has 0 spiro atoms. The quantitative estimate of drug-likeness (QED) is 0.820. The molecular weight excluding hydrogens is 222 g/mol. The van der Waals surface area contributed by atoms with Gasteiger partial charge >= 0.3 is 0 Å². The summed E-state index contributed by atoms with van der Waals surface area (Å²) in [5.41, 5.74) is 0.0688. The summed E-state index contributed by atoms with van der Waals surface area (Å²) in [5.74, 6) is 0.246. The zero-order chi connectivity index (χ0) is 12.2. The van der Waals surface area contributed by atoms with E-state index in [0.29, 0.717) is 0 Å². The van der Waals surface area contributed by atoms with Gasteiger partial charge in [-0.1, -0.05) is 6.92 Å². The molecule has 1 aliphatic rings. The van der Waals surface area contributed by atoms with E-state index in [1.165, 1.54) is 0 Å². The number of thioether (sulfide) groups is 1. The average Bonchev–Trinajstić information content (AvgIpc) is 2.37. The van der Waals surface area contributed by atoms with Crippen LogP contribution in [0.1, 0.15) is 33.1 Å². The highest BCUT2D eigenvalue weighted by Crippen LogP contribution is 2.34. The lowest BCUT2D eigenvalue weighted by molar-refractivity contribution is -0.133. The van der Waals surface area contributed by atoms with E-state index in [4.69, 9.17) is 0 Å². The second-order valence-electron chi connectivity index (χ2n) is 4.71. The van der Waals surface area contributed by atoms with Gasteiger partial charge in [0.15, 0.2) is 0 Å². The zero-order valence-corrected chi connectivity index (χ0v) is 11.3. The van der Waals surface area contributed by atoms with Crippen molar-refractivity contribution < 1.29 is 9.90 Å². The molecule has 0 aromatic carbocycles. The van der Waals surface area contributed by atoms with Crippen molar-refractivity contribution in [3.05, 3.63) is 0 Å². The Balaban J connectivity index is 2.51. The maximum Gasteiger partial charge on any atom is 0.235 e. The predicted molar refractivity (Wildman–Crippen MR) is 68.6 cm³/mol. The Hall–Kier alpha value is -0.220. The molecular formula is C12H23NO2S. The van der Waals surface area contributed by atoms with Crippen molar-refractivity contribution in [1.82, 2.24) is 4.90 Å². The Labute approximate surface area is 103 Å². The summed E-state index contributed by atoms with van der Waals surface area (Å²) < 4.78 is 0. The van der Waals surface area contributed by atoms with Crippen LogP contribution in [0.4, 0.5) is 0 Å². The van der Waals surface area contributed by atoms with Gasteiger partial charge in [0.2, 0.25) is 5.91 Å². The van der Waals surface area contributed by atoms with Crippen LogP contribution in [-0.2, 0) is 4.79 Å². The smallest absolute Gasteiger partial charge is 0.235 e. The van der Waals surface area contributed by atoms with E-state index in [2.05, 4.69) is 6.92 Å². The molecule has 1 saturated heterocycles. The van der Waals surface area contributed by atoms with E-state index >= 15 is 0 Å². The molecule has 1 rings (SSSR count). The van der Waals surface area contributed by atoms with Crippen molar-refractivity contribution in [3.8, 4) is 0 Å². The van der Waals surface area contributed by atoms with Crippen molar-refractivity contribution in [1.29, 1.82) is 0 Å². The number of aliphatic hydroxyl groups excluding tert-OH is 1. The topological polar surface area (TPSA) is 40.5 Å². The van der Waals surface area contributed by atoms with Gasteiger partial charge in [0.1, 0.15) is 0 Å². The van der Waals surface area contributed by atoms with E-state index in [1.54, 1.807) is 11.8 Å². The lowest BCUT2D eigenvalue weighted by Gasteiger charge is -2.40. The third kappa shape index (κ3) is 2.92. The summed E-state index contributed by atoms with van der Waals surface area (Å²) in [7, 11) is 0. The number of carbonyl (C=O) groups is 1. The van der Waals surface area contributed by atoms with Gasteiger partial charge < -0.3 is 10.0 Å². The van der Waals surface area contributed by atoms with Crippen molar-refractivity contribution in [2.45, 2.75) is 38.4 Å². The fourth-order valence-electron chi connectivity index (χ4n) is 2.18. The van der Waals surface area contributed by atoms with E-state index < -0.39 is 0 Å². The van der Waals surface area contributed by atoms with Crippen molar-refractivity contribution in [3.63, 3.8) is 0 Å². The molecule has 0 radical (unpaired) electrons. The second-order valence-corrected chi connectivity index (χ2v) is 5.89. The number of likely N-dealkylation sites (tertiary alicyclic amines) is 1. The summed E-state index contributed by atoms with van der Waals surface area (Å²) in [6, 6.07) is 0. The van der Waals surface area contributed by atoms with Crippen molar-refractivity contribution in [2.24, 2.45) is 5.41 Å². The van der Waals surface area contributed by atoms with Crippen molar-refractivity contribution in [2.75, 3.05) is 26.0 Å². The molecule has 1 N–H and O–H groups in total. The molecule has 0 bridgehead atoms. The molecule has 3 nitrogen and oxygen atoms in total. The molecule has 4 heteroatoms. The largest absolute Gasteiger partial charge is 0.396 e. The number of nitrogens with zero attached hydrogens (tertiary/aromatic N) is 1. The van der Waals surface area contributed by atoms with Gasteiger partial charge in [-0.15, -0.1) is 0 Å². The standard InChI is InChI=1S/C12H23NO2S/c1-4-12(9-14)5-7-13(8-6-12)11(15)10(2)16-3/h10,14H,4-9H2,1-3H3. The number of hydrogen-bond acceptors (Lipinski definition) is 3. The van der Waals surface area contributed by atoms with E-state index in [9.17, 15) is 9.90 Å². The van der Waals surface area contributed by atoms with Gasteiger partial charge in [-0.2, -0.15) is 11.8 Å². The summed E-state index contributed by atoms with van der Waals surface area (Å²) >= 11 is 1.60. The summed E-state index contributed by atoms with van der Waals surface area (Å²) in [6.07, 6.45) is 4.85. The molecule has 1 fully saturated rings. The Bertz CT molecular complexity index is 231. The minimum Gasteiger partial charge on any atom is -0.396 e. The van der Waals surface area contributed by atoms with Gasteiger partial charge in [0.05, 0.1) is 5.25 Å². The maximum atomic E-state index is 12.0. The molecule has 94 valence electrons. The number of aliphatic hydroxyl groups is 1. The minimum absolute atomic E-state index is 0.0586. The third-order valence-electron chi connectivity index (χ3n) is 3.92. The number of carbonyl (C=O) groups excluding carboxylic acids is 1. The summed E-state index contributed by atoms with van der Waals surface area (Å²) in [6.45, 7) is 5.94. The summed E-state index contributed by atoms with van der Waals surface area (Å²) in [5, 5.41) is 9.47. The van der Waals surface area contributed by atoms with E-state index in [0.717, 1.165) is 32.4 Å². The highest BCUT2D eigenvalue weighted by atomic mass is 32.2. The monoisotopic (exact) mass is 245 g/mol. The lowest BCUT2D eigenvalue weighted by Crippen LogP contribution is -2.46. The first-order valence-electron chi connectivity index (χ1n) is 6.01. The van der Waals surface area contributed by atoms with Crippen LogP contribution in [0.15, 0.2) is 0 Å². The SMILES string of the molecule is CCC1(CO)CCN(C(=O)C(C)SC)CC1. The number of rotatable bonds is 4. The lowest BCUT2D eigenvalue weighted by atomic mass is 9.77. The van der Waals surface area contributed by atoms with Crippen LogP contribution in [0.2, 0.25) is 0 Å². The molecule has 0 aromatic heterocycles. The molecule has 1 amide bonds. The highest BCUT2D eigenvalue weighted by Gasteiger charge is 2.34. The second kappa shape index (κ2) is 5.92. The first kappa shape index (κ1) is 13.8. The Morgan fingerprint density at radius 1 is 1.50 bits per heavy atom. The first-order chi connectivity index (χ1) is 7.58. The van der Waals surface area contributed by atoms with Crippen molar-refractivity contribution >= 4 is 17.7 Å². The van der Waals surface area contributed by atoms with Crippen LogP contribution in [-0.4, -0.2) is 47.1 Å². The van der Waals surface area contributed by atoms with E-state index in [1.807, 2.05) is 18.1 Å². The zero-order valence-electron chi connectivity index (χ0n) is 10.5. The normalized spacial score (nSPS) is 21.9. The van der Waals surface area contributed by atoms with Crippen LogP contribution >= 0.6 is 11.8 Å². The maximum absolute atomic E-state index is 12.0. The van der Waals surface area contributed by atoms with Crippen LogP contribution in [0.3, 0.4) is 0 Å². The number of piperidine rings is 1. The third-order valence-corrected chi connectivity index (χ3v) is 4.83. The average molecular weight is 245 g/mol. The summed E-state index contributed by atoms with van der Waals surface area (Å²) in [4.78, 5) is 13.9. The van der Waals surface area contributed by atoms with Gasteiger partial charge in [0, 0.05) is 19.7 Å². The van der Waals surface area contributed by atoms with Crippen LogP contribution in [0.25, 0.3) is 0 Å². The minimum atomic E-state index is 0.0586. The van der Waals surface area contributed by atoms with Crippen LogP contribution in [0.5, 0.6) is 0 Å². The Kier molecular flexibility index (Phi) is 5.12. The Morgan fingerprint density at radius 3 is 2.44 bits per heavy atom. The molecule has 1 aliphatic heterocycles. The van der Waals surface area contributed by atoms with Crippen LogP contribution in [0, 0.1) is 5.41 Å². The fourth-order valence-corrected chi connectivity index (χ4v) is 2.53. The Morgan fingerprint density at radius 2 is 2.06 bits per heavy atom. The fraction of sp³-hybridized carbons (Fsp3) is 0.917. The molecule has 0 aromatic rings. The molecule has 16 heavy (non-hydrogen) atoms. The van der Waals surface area contributed by atoms with E-state index in [-0.39, 0.29) is 23.2 Å². The first-order valence-corrected chi connectivity index (χ1v) is 7.30. The van der Waals surface area contributed by atoms with Crippen LogP contribution < -0.4 is 0 Å². The van der Waals surface area contributed by atoms with Gasteiger partial charge in [-0.25, -0.2) is 0 Å². The molecule has 1 unspecified atom stereocenters. The molecule has 0 saturated carbocycles. The molecule has 0 aliphatic carbocycles. The number of amides is 1. The van der Waals surface area contributed by atoms with Gasteiger partial charge in [-0.3, -0.25) is 4.79 Å². The van der Waals surface area contributed by atoms with Gasteiger partial charge in [-0.05, 0) is 37.9 Å². The number of hydrogen-bond donors (Lipinski definition) is 1. The molecule has 1 heterocycles. The predicted octanol–water partition coefficient (Wildman–Crippen LogP) is 1.75. The van der Waals surface area contributed by atoms with Gasteiger partial charge in [0.25, 0.3) is 0 Å². The molecule has 1 atom stereocenters.